The second-order valence-electron chi connectivity index (χ2n) is 8.71. The number of hydrogen-bond acceptors (Lipinski definition) is 7. The number of rotatable bonds is 3. The van der Waals surface area contributed by atoms with Crippen LogP contribution in [-0.4, -0.2) is 67.7 Å². The number of ether oxygens (including phenoxy) is 2. The summed E-state index contributed by atoms with van der Waals surface area (Å²) in [4.78, 5) is 32.3. The van der Waals surface area contributed by atoms with Gasteiger partial charge >= 0.3 is 0 Å². The van der Waals surface area contributed by atoms with Gasteiger partial charge in [-0.15, -0.1) is 11.3 Å². The number of carbonyl (C=O) groups excluding carboxylic acids is 2. The number of nitrogens with one attached hydrogen (secondary N) is 2. The molecule has 34 heavy (non-hydrogen) atoms. The highest BCUT2D eigenvalue weighted by Gasteiger charge is 2.26. The molecule has 0 aliphatic carbocycles. The van der Waals surface area contributed by atoms with E-state index in [1.165, 1.54) is 11.3 Å². The molecule has 0 saturated heterocycles. The fraction of sp³-hybridized carbons (Fsp3) is 0.400. The summed E-state index contributed by atoms with van der Waals surface area (Å²) in [5.74, 6) is 0.177. The van der Waals surface area contributed by atoms with Crippen molar-refractivity contribution in [3.63, 3.8) is 0 Å². The van der Waals surface area contributed by atoms with Gasteiger partial charge in [0.1, 0.15) is 12.4 Å². The van der Waals surface area contributed by atoms with Crippen LogP contribution in [0.1, 0.15) is 34.0 Å². The van der Waals surface area contributed by atoms with Crippen LogP contribution in [0.5, 0.6) is 5.75 Å². The first kappa shape index (κ1) is 24.1. The summed E-state index contributed by atoms with van der Waals surface area (Å²) in [5, 5.41) is 6.71. The van der Waals surface area contributed by atoms with Crippen LogP contribution in [0.25, 0.3) is 10.2 Å². The summed E-state index contributed by atoms with van der Waals surface area (Å²) in [6.45, 7) is 5.75. The Bertz CT molecular complexity index is 1150. The molecule has 4 rings (SSSR count). The number of benzene rings is 2. The minimum absolute atomic E-state index is 0.0958. The molecule has 8 nitrogen and oxygen atoms in total. The minimum atomic E-state index is -0.317. The minimum Gasteiger partial charge on any atom is -0.491 e. The van der Waals surface area contributed by atoms with Crippen molar-refractivity contribution in [1.82, 2.24) is 15.2 Å². The highest BCUT2D eigenvalue weighted by atomic mass is 32.1. The van der Waals surface area contributed by atoms with Crippen LogP contribution in [0.15, 0.2) is 42.5 Å². The van der Waals surface area contributed by atoms with Gasteiger partial charge in [-0.3, -0.25) is 9.59 Å². The lowest BCUT2D eigenvalue weighted by Crippen LogP contribution is -2.44. The number of likely N-dealkylation sites (N-methyl/N-ethyl adjacent to an activating group) is 1. The molecule has 2 heterocycles. The normalized spacial score (nSPS) is 21.8. The fourth-order valence-electron chi connectivity index (χ4n) is 3.89. The molecule has 0 saturated carbocycles. The zero-order valence-electron chi connectivity index (χ0n) is 19.8. The van der Waals surface area contributed by atoms with Gasteiger partial charge in [-0.1, -0.05) is 19.1 Å². The first-order valence-electron chi connectivity index (χ1n) is 11.3. The van der Waals surface area contributed by atoms with Crippen LogP contribution < -0.4 is 15.4 Å². The highest BCUT2D eigenvalue weighted by molar-refractivity contribution is 7.20. The molecule has 2 amide bonds. The van der Waals surface area contributed by atoms with E-state index in [1.54, 1.807) is 37.3 Å². The van der Waals surface area contributed by atoms with Gasteiger partial charge < -0.3 is 25.0 Å². The van der Waals surface area contributed by atoms with Crippen LogP contribution in [0.4, 0.5) is 5.69 Å². The monoisotopic (exact) mass is 482 g/mol. The van der Waals surface area contributed by atoms with Crippen molar-refractivity contribution in [2.45, 2.75) is 26.0 Å². The second kappa shape index (κ2) is 10.5. The molecule has 1 aromatic heterocycles. The first-order chi connectivity index (χ1) is 16.4. The Kier molecular flexibility index (Phi) is 7.45. The average molecular weight is 483 g/mol. The van der Waals surface area contributed by atoms with Crippen molar-refractivity contribution >= 4 is 39.1 Å². The van der Waals surface area contributed by atoms with E-state index in [1.807, 2.05) is 31.2 Å². The molecule has 2 aromatic carbocycles. The Labute approximate surface area is 203 Å². The van der Waals surface area contributed by atoms with Gasteiger partial charge in [0.2, 0.25) is 0 Å². The standard InChI is InChI=1S/C25H30N4O4S/c1-15-12-26-16(2)14-33-20-10-9-17(11-18(20)25(31)29(3)13-21(15)32-4)27-23(30)24-28-19-7-5-6-8-22(19)34-24/h5-11,15-16,21,26H,12-14H2,1-4H3,(H,27,30)/t15-,16-,21-/m1/s1. The largest absolute Gasteiger partial charge is 0.491 e. The van der Waals surface area contributed by atoms with Crippen molar-refractivity contribution in [2.24, 2.45) is 5.92 Å². The predicted molar refractivity (Wildman–Crippen MR) is 134 cm³/mol. The van der Waals surface area contributed by atoms with Crippen molar-refractivity contribution in [3.8, 4) is 5.75 Å². The van der Waals surface area contributed by atoms with E-state index in [-0.39, 0.29) is 29.9 Å². The smallest absolute Gasteiger partial charge is 0.284 e. The lowest BCUT2D eigenvalue weighted by molar-refractivity contribution is 0.0281. The SMILES string of the molecule is CO[C@@H]1CN(C)C(=O)c2cc(NC(=O)c3nc4ccccc4s3)ccc2OC[C@@H](C)NC[C@H]1C. The van der Waals surface area contributed by atoms with Gasteiger partial charge in [-0.25, -0.2) is 4.98 Å². The number of amides is 2. The molecular formula is C25H30N4O4S. The van der Waals surface area contributed by atoms with E-state index in [0.29, 0.717) is 35.2 Å². The summed E-state index contributed by atoms with van der Waals surface area (Å²) < 4.78 is 12.6. The summed E-state index contributed by atoms with van der Waals surface area (Å²) >= 11 is 1.33. The molecule has 3 atom stereocenters. The third-order valence-electron chi connectivity index (χ3n) is 5.97. The maximum atomic E-state index is 13.4. The third-order valence-corrected chi connectivity index (χ3v) is 7.01. The molecule has 1 aliphatic heterocycles. The van der Waals surface area contributed by atoms with E-state index in [2.05, 4.69) is 22.5 Å². The van der Waals surface area contributed by atoms with Gasteiger partial charge in [-0.05, 0) is 43.2 Å². The Balaban J connectivity index is 1.60. The zero-order valence-corrected chi connectivity index (χ0v) is 20.6. The van der Waals surface area contributed by atoms with Crippen LogP contribution in [0.2, 0.25) is 0 Å². The van der Waals surface area contributed by atoms with E-state index < -0.39 is 0 Å². The maximum Gasteiger partial charge on any atom is 0.284 e. The Hall–Kier alpha value is -3.01. The number of nitrogens with zero attached hydrogens (tertiary/aromatic N) is 2. The zero-order chi connectivity index (χ0) is 24.2. The van der Waals surface area contributed by atoms with Crippen molar-refractivity contribution in [1.29, 1.82) is 0 Å². The molecule has 1 aliphatic rings. The molecule has 0 fully saturated rings. The highest BCUT2D eigenvalue weighted by Crippen LogP contribution is 2.27. The van der Waals surface area contributed by atoms with E-state index in [4.69, 9.17) is 9.47 Å². The van der Waals surface area contributed by atoms with Crippen molar-refractivity contribution in [3.05, 3.63) is 53.0 Å². The molecule has 3 aromatic rings. The lowest BCUT2D eigenvalue weighted by atomic mass is 10.0. The Morgan fingerprint density at radius 1 is 1.26 bits per heavy atom. The maximum absolute atomic E-state index is 13.4. The Morgan fingerprint density at radius 2 is 2.06 bits per heavy atom. The molecule has 2 N–H and O–H groups in total. The summed E-state index contributed by atoms with van der Waals surface area (Å²) in [5.41, 5.74) is 1.67. The van der Waals surface area contributed by atoms with Crippen LogP contribution in [-0.2, 0) is 4.74 Å². The summed E-state index contributed by atoms with van der Waals surface area (Å²) in [6, 6.07) is 12.8. The lowest BCUT2D eigenvalue weighted by Gasteiger charge is -2.30. The predicted octanol–water partition coefficient (Wildman–Crippen LogP) is 3.64. The van der Waals surface area contributed by atoms with Gasteiger partial charge in [0, 0.05) is 39.0 Å². The summed E-state index contributed by atoms with van der Waals surface area (Å²) in [6.07, 6.45) is -0.112. The van der Waals surface area contributed by atoms with Crippen molar-refractivity contribution < 1.29 is 19.1 Å². The molecule has 0 radical (unpaired) electrons. The van der Waals surface area contributed by atoms with E-state index in [9.17, 15) is 9.59 Å². The van der Waals surface area contributed by atoms with Crippen molar-refractivity contribution in [2.75, 3.05) is 39.2 Å². The number of hydrogen-bond donors (Lipinski definition) is 2. The fourth-order valence-corrected chi connectivity index (χ4v) is 4.75. The third kappa shape index (κ3) is 5.38. The molecule has 0 spiro atoms. The van der Waals surface area contributed by atoms with E-state index >= 15 is 0 Å². The van der Waals surface area contributed by atoms with Gasteiger partial charge in [-0.2, -0.15) is 0 Å². The quantitative estimate of drug-likeness (QED) is 0.592. The molecule has 0 unspecified atom stereocenters. The molecule has 180 valence electrons. The second-order valence-corrected chi connectivity index (χ2v) is 9.74. The van der Waals surface area contributed by atoms with Crippen LogP contribution in [0.3, 0.4) is 0 Å². The van der Waals surface area contributed by atoms with Gasteiger partial charge in [0.15, 0.2) is 5.01 Å². The summed E-state index contributed by atoms with van der Waals surface area (Å²) in [7, 11) is 3.42. The first-order valence-corrected chi connectivity index (χ1v) is 12.1. The molecule has 0 bridgehead atoms. The number of methoxy groups -OCH3 is 1. The Morgan fingerprint density at radius 3 is 2.82 bits per heavy atom. The number of carbonyl (C=O) groups is 2. The topological polar surface area (TPSA) is 92.8 Å². The van der Waals surface area contributed by atoms with Crippen LogP contribution >= 0.6 is 11.3 Å². The number of thiazole rings is 1. The van der Waals surface area contributed by atoms with Gasteiger partial charge in [0.05, 0.1) is 21.9 Å². The van der Waals surface area contributed by atoms with Crippen LogP contribution in [0, 0.1) is 5.92 Å². The number of anilines is 1. The van der Waals surface area contributed by atoms with Gasteiger partial charge in [0.25, 0.3) is 11.8 Å². The number of aromatic nitrogens is 1. The molecule has 9 heteroatoms. The van der Waals surface area contributed by atoms with E-state index in [0.717, 1.165) is 16.8 Å². The number of para-hydroxylation sites is 1. The number of fused-ring (bicyclic) bond motifs is 2. The average Bonchev–Trinajstić information content (AvgIpc) is 3.28. The molecular weight excluding hydrogens is 452 g/mol.